The van der Waals surface area contributed by atoms with Crippen LogP contribution in [0.1, 0.15) is 18.1 Å². The largest absolute Gasteiger partial charge is 0.508 e. The van der Waals surface area contributed by atoms with E-state index in [-0.39, 0.29) is 11.1 Å². The van der Waals surface area contributed by atoms with Gasteiger partial charge in [-0.1, -0.05) is 12.1 Å². The number of quaternary nitrogens is 1. The van der Waals surface area contributed by atoms with Crippen molar-refractivity contribution in [3.63, 3.8) is 0 Å². The Bertz CT molecular complexity index is 1180. The first kappa shape index (κ1) is 22.9. The molecular formula is C22H25N2O9+. The summed E-state index contributed by atoms with van der Waals surface area (Å²) in [6.45, 7) is 1.26. The second kappa shape index (κ2) is 6.87. The lowest BCUT2D eigenvalue weighted by molar-refractivity contribution is -0.881. The average Bonchev–Trinajstić information content (AvgIpc) is 2.70. The summed E-state index contributed by atoms with van der Waals surface area (Å²) in [5, 5.41) is 66.4. The average molecular weight is 461 g/mol. The number of aliphatic hydroxyl groups is 5. The number of hydrogen-bond donors (Lipinski definition) is 8. The molecule has 0 aliphatic heterocycles. The van der Waals surface area contributed by atoms with Gasteiger partial charge in [0.15, 0.2) is 11.6 Å². The summed E-state index contributed by atoms with van der Waals surface area (Å²) in [4.78, 5) is 39.0. The van der Waals surface area contributed by atoms with Crippen LogP contribution in [0.25, 0.3) is 5.76 Å². The second-order valence-electron chi connectivity index (χ2n) is 9.21. The van der Waals surface area contributed by atoms with Gasteiger partial charge in [0.1, 0.15) is 22.8 Å². The summed E-state index contributed by atoms with van der Waals surface area (Å²) in [6, 6.07) is 2.60. The SMILES string of the molecule is C[NH+](C)[C@@H]1C(=O)C(C(N)=O)=C(O)[C@@]2(O)C(=O)C3=C(O)c4c(O)cccc4[C@](C)(O)[C@H]3[C@@H](O)[C@@H]12. The van der Waals surface area contributed by atoms with Crippen molar-refractivity contribution < 1.29 is 49.9 Å². The number of carbonyl (C=O) groups excluding carboxylic acids is 3. The normalized spacial score (nSPS) is 36.0. The van der Waals surface area contributed by atoms with E-state index in [2.05, 4.69) is 0 Å². The minimum atomic E-state index is -3.00. The van der Waals surface area contributed by atoms with E-state index >= 15 is 0 Å². The lowest BCUT2D eigenvalue weighted by atomic mass is 9.53. The zero-order chi connectivity index (χ0) is 24.8. The molecule has 3 aliphatic rings. The highest BCUT2D eigenvalue weighted by Gasteiger charge is 2.71. The van der Waals surface area contributed by atoms with Gasteiger partial charge in [-0.05, 0) is 18.6 Å². The number of nitrogens with one attached hydrogen (secondary N) is 1. The number of rotatable bonds is 2. The van der Waals surface area contributed by atoms with Gasteiger partial charge in [0, 0.05) is 0 Å². The molecule has 4 rings (SSSR count). The first-order valence-corrected chi connectivity index (χ1v) is 10.2. The van der Waals surface area contributed by atoms with Crippen LogP contribution in [-0.4, -0.2) is 80.0 Å². The highest BCUT2D eigenvalue weighted by molar-refractivity contribution is 6.24. The van der Waals surface area contributed by atoms with Crippen molar-refractivity contribution in [3.05, 3.63) is 46.2 Å². The summed E-state index contributed by atoms with van der Waals surface area (Å²) in [5.74, 6) is -9.53. The number of fused-ring (bicyclic) bond motifs is 3. The summed E-state index contributed by atoms with van der Waals surface area (Å²) in [7, 11) is 2.96. The Morgan fingerprint density at radius 1 is 1.12 bits per heavy atom. The Hall–Kier alpha value is -3.25. The second-order valence-corrected chi connectivity index (χ2v) is 9.21. The molecule has 11 nitrogen and oxygen atoms in total. The quantitative estimate of drug-likeness (QED) is 0.214. The standard InChI is InChI=1S/C22H24N2O9/c1-21(32)7-5-4-6-8(25)9(7)15(26)10-12(21)17(28)13-14(24(2)3)16(27)11(20(23)31)19(30)22(13,33)18(10)29/h4-6,12-14,17,25-26,28,30,32-33H,1-3H3,(H2,23,31)/p+1/t12-,13-,14+,17-,21+,22+/m1/s1. The lowest BCUT2D eigenvalue weighted by Crippen LogP contribution is -3.13. The molecule has 11 heteroatoms. The van der Waals surface area contributed by atoms with Crippen LogP contribution in [0.2, 0.25) is 0 Å². The Morgan fingerprint density at radius 2 is 1.73 bits per heavy atom. The number of aliphatic hydroxyl groups excluding tert-OH is 3. The number of phenolic OH excluding ortho intramolecular Hbond substituents is 1. The molecule has 0 bridgehead atoms. The number of hydrogen-bond acceptors (Lipinski definition) is 9. The molecule has 0 aromatic heterocycles. The van der Waals surface area contributed by atoms with Crippen LogP contribution in [-0.2, 0) is 20.0 Å². The Kier molecular flexibility index (Phi) is 4.78. The molecule has 3 aliphatic carbocycles. The minimum absolute atomic E-state index is 0.0134. The van der Waals surface area contributed by atoms with E-state index in [0.29, 0.717) is 4.90 Å². The molecule has 0 radical (unpaired) electrons. The smallest absolute Gasteiger partial charge is 0.256 e. The molecule has 0 spiro atoms. The predicted molar refractivity (Wildman–Crippen MR) is 111 cm³/mol. The van der Waals surface area contributed by atoms with E-state index in [1.165, 1.54) is 39.2 Å². The van der Waals surface area contributed by atoms with E-state index in [1.54, 1.807) is 0 Å². The maximum absolute atomic E-state index is 13.7. The van der Waals surface area contributed by atoms with Gasteiger partial charge in [0.05, 0.1) is 48.8 Å². The molecule has 0 unspecified atom stereocenters. The molecular weight excluding hydrogens is 436 g/mol. The van der Waals surface area contributed by atoms with Crippen LogP contribution < -0.4 is 10.6 Å². The molecule has 9 N–H and O–H groups in total. The van der Waals surface area contributed by atoms with Crippen LogP contribution in [0.3, 0.4) is 0 Å². The molecule has 176 valence electrons. The Morgan fingerprint density at radius 3 is 2.27 bits per heavy atom. The summed E-state index contributed by atoms with van der Waals surface area (Å²) >= 11 is 0. The number of amides is 1. The minimum Gasteiger partial charge on any atom is -0.508 e. The molecule has 0 saturated heterocycles. The van der Waals surface area contributed by atoms with Crippen LogP contribution in [0, 0.1) is 11.8 Å². The number of benzene rings is 1. The van der Waals surface area contributed by atoms with Gasteiger partial charge in [0.25, 0.3) is 5.91 Å². The van der Waals surface area contributed by atoms with Crippen molar-refractivity contribution >= 4 is 23.2 Å². The summed E-state index contributed by atoms with van der Waals surface area (Å²) in [6.07, 6.45) is -1.85. The molecule has 1 amide bonds. The highest BCUT2D eigenvalue weighted by atomic mass is 16.4. The highest BCUT2D eigenvalue weighted by Crippen LogP contribution is 2.56. The topological polar surface area (TPSA) is 203 Å². The number of Topliss-reactive ketones (excluding diaryl/α,β-unsaturated/α-hetero) is 2. The third-order valence-corrected chi connectivity index (χ3v) is 7.13. The molecule has 33 heavy (non-hydrogen) atoms. The first-order valence-electron chi connectivity index (χ1n) is 10.2. The molecule has 1 fully saturated rings. The fourth-order valence-electron chi connectivity index (χ4n) is 5.69. The van der Waals surface area contributed by atoms with E-state index in [1.807, 2.05) is 0 Å². The molecule has 1 aromatic carbocycles. The zero-order valence-electron chi connectivity index (χ0n) is 18.0. The van der Waals surface area contributed by atoms with Gasteiger partial charge in [0.2, 0.25) is 11.6 Å². The van der Waals surface area contributed by atoms with Crippen molar-refractivity contribution in [3.8, 4) is 5.75 Å². The number of likely N-dealkylation sites (N-methyl/N-ethyl adjacent to an activating group) is 1. The maximum atomic E-state index is 13.7. The van der Waals surface area contributed by atoms with E-state index in [9.17, 15) is 45.0 Å². The number of aromatic hydroxyl groups is 1. The Labute approximate surface area is 187 Å². The van der Waals surface area contributed by atoms with Crippen molar-refractivity contribution in [1.29, 1.82) is 0 Å². The van der Waals surface area contributed by atoms with Crippen molar-refractivity contribution in [2.75, 3.05) is 14.1 Å². The summed E-state index contributed by atoms with van der Waals surface area (Å²) in [5.41, 5.74) is -1.69. The van der Waals surface area contributed by atoms with Crippen LogP contribution in [0.4, 0.5) is 0 Å². The first-order chi connectivity index (χ1) is 15.2. The van der Waals surface area contributed by atoms with Crippen molar-refractivity contribution in [2.24, 2.45) is 17.6 Å². The van der Waals surface area contributed by atoms with Gasteiger partial charge < -0.3 is 41.3 Å². The predicted octanol–water partition coefficient (Wildman–Crippen LogP) is -2.82. The van der Waals surface area contributed by atoms with Crippen molar-refractivity contribution in [2.45, 2.75) is 30.3 Å². The monoisotopic (exact) mass is 461 g/mol. The van der Waals surface area contributed by atoms with Gasteiger partial charge in [-0.2, -0.15) is 0 Å². The van der Waals surface area contributed by atoms with Crippen LogP contribution in [0.15, 0.2) is 35.1 Å². The fraction of sp³-hybridized carbons (Fsp3) is 0.409. The third kappa shape index (κ3) is 2.61. The van der Waals surface area contributed by atoms with Crippen LogP contribution in [0.5, 0.6) is 5.75 Å². The van der Waals surface area contributed by atoms with Crippen molar-refractivity contribution in [1.82, 2.24) is 0 Å². The summed E-state index contributed by atoms with van der Waals surface area (Å²) < 4.78 is 0. The van der Waals surface area contributed by atoms with Gasteiger partial charge in [-0.25, -0.2) is 0 Å². The lowest BCUT2D eigenvalue weighted by Gasteiger charge is -2.54. The number of nitrogens with two attached hydrogens (primary N) is 1. The Balaban J connectivity index is 2.11. The van der Waals surface area contributed by atoms with E-state index in [0.717, 1.165) is 0 Å². The van der Waals surface area contributed by atoms with E-state index < -0.39 is 81.1 Å². The van der Waals surface area contributed by atoms with Gasteiger partial charge >= 0.3 is 0 Å². The molecule has 0 heterocycles. The zero-order valence-corrected chi connectivity index (χ0v) is 18.0. The van der Waals surface area contributed by atoms with Crippen LogP contribution >= 0.6 is 0 Å². The number of primary amides is 1. The maximum Gasteiger partial charge on any atom is 0.256 e. The number of carbonyl (C=O) groups is 3. The molecule has 1 aromatic rings. The number of phenols is 1. The fourth-order valence-corrected chi connectivity index (χ4v) is 5.69. The molecule has 1 saturated carbocycles. The third-order valence-electron chi connectivity index (χ3n) is 7.13. The van der Waals surface area contributed by atoms with E-state index in [4.69, 9.17) is 5.73 Å². The molecule has 6 atom stereocenters. The van der Waals surface area contributed by atoms with Gasteiger partial charge in [-0.3, -0.25) is 14.4 Å². The van der Waals surface area contributed by atoms with Gasteiger partial charge in [-0.15, -0.1) is 0 Å². The number of ketones is 2.